The van der Waals surface area contributed by atoms with E-state index in [4.69, 9.17) is 0 Å². The van der Waals surface area contributed by atoms with Gasteiger partial charge in [-0.05, 0) is 26.0 Å². The third-order valence-electron chi connectivity index (χ3n) is 4.58. The van der Waals surface area contributed by atoms with E-state index < -0.39 is 35.4 Å². The lowest BCUT2D eigenvalue weighted by molar-refractivity contribution is -0.251. The van der Waals surface area contributed by atoms with Crippen LogP contribution in [0.25, 0.3) is 11.4 Å². The van der Waals surface area contributed by atoms with Crippen LogP contribution in [-0.2, 0) is 11.3 Å². The van der Waals surface area contributed by atoms with E-state index in [2.05, 4.69) is 4.98 Å². The number of nitrogens with zero attached hydrogens (tertiary/aromatic N) is 3. The van der Waals surface area contributed by atoms with Gasteiger partial charge in [0.2, 0.25) is 5.60 Å². The zero-order valence-electron chi connectivity index (χ0n) is 14.4. The van der Waals surface area contributed by atoms with Gasteiger partial charge in [0, 0.05) is 12.6 Å². The highest BCUT2D eigenvalue weighted by Gasteiger charge is 2.57. The van der Waals surface area contributed by atoms with E-state index in [0.29, 0.717) is 18.7 Å². The molecule has 10 heteroatoms. The molecule has 0 spiro atoms. The normalized spacial score (nSPS) is 19.6. The van der Waals surface area contributed by atoms with Gasteiger partial charge in [-0.25, -0.2) is 13.8 Å². The lowest BCUT2D eigenvalue weighted by Gasteiger charge is -2.37. The lowest BCUT2D eigenvalue weighted by atomic mass is 10.0. The molecule has 1 aliphatic heterocycles. The second kappa shape index (κ2) is 6.29. The standard InChI is InChI=1S/C17H16F5N3O2/c1-9-7-24(15(26)16(2,27)17(20,21)22)8-11-6-23-14(25(9)11)12-4-3-10(18)5-13(12)19/h3-6,9,27H,7-8H2,1-2H3/t9-,16+/m0/s1. The van der Waals surface area contributed by atoms with Crippen molar-refractivity contribution in [3.05, 3.63) is 41.7 Å². The van der Waals surface area contributed by atoms with E-state index in [1.54, 1.807) is 11.5 Å². The van der Waals surface area contributed by atoms with Crippen molar-refractivity contribution < 1.29 is 31.9 Å². The number of hydrogen-bond donors (Lipinski definition) is 1. The molecule has 0 aliphatic carbocycles. The number of fused-ring (bicyclic) bond motifs is 1. The van der Waals surface area contributed by atoms with Crippen molar-refractivity contribution in [3.8, 4) is 11.4 Å². The second-order valence-corrected chi connectivity index (χ2v) is 6.67. The van der Waals surface area contributed by atoms with Crippen LogP contribution in [0.2, 0.25) is 0 Å². The number of hydrogen-bond acceptors (Lipinski definition) is 3. The Morgan fingerprint density at radius 1 is 1.30 bits per heavy atom. The third kappa shape index (κ3) is 3.18. The molecule has 2 heterocycles. The molecule has 1 aromatic carbocycles. The molecular formula is C17H16F5N3O2. The van der Waals surface area contributed by atoms with E-state index >= 15 is 0 Å². The maximum Gasteiger partial charge on any atom is 0.426 e. The fourth-order valence-corrected chi connectivity index (χ4v) is 3.12. The minimum absolute atomic E-state index is 0.0385. The van der Waals surface area contributed by atoms with E-state index in [9.17, 15) is 31.9 Å². The molecule has 1 amide bonds. The Hall–Kier alpha value is -2.49. The minimum atomic E-state index is -5.12. The number of aliphatic hydroxyl groups is 1. The number of alkyl halides is 3. The number of benzene rings is 1. The molecule has 1 aromatic heterocycles. The summed E-state index contributed by atoms with van der Waals surface area (Å²) in [5.41, 5.74) is -3.10. The van der Waals surface area contributed by atoms with Crippen LogP contribution in [0.1, 0.15) is 25.6 Å². The molecule has 5 nitrogen and oxygen atoms in total. The summed E-state index contributed by atoms with van der Waals surface area (Å²) in [4.78, 5) is 17.2. The maximum atomic E-state index is 14.1. The smallest absolute Gasteiger partial charge is 0.373 e. The van der Waals surface area contributed by atoms with E-state index in [1.807, 2.05) is 0 Å². The highest BCUT2D eigenvalue weighted by molar-refractivity contribution is 5.85. The predicted molar refractivity (Wildman–Crippen MR) is 84.4 cm³/mol. The van der Waals surface area contributed by atoms with Crippen LogP contribution in [0.5, 0.6) is 0 Å². The number of imidazole rings is 1. The van der Waals surface area contributed by atoms with Crippen LogP contribution in [-0.4, -0.2) is 43.8 Å². The molecule has 0 saturated heterocycles. The monoisotopic (exact) mass is 389 g/mol. The fraction of sp³-hybridized carbons (Fsp3) is 0.412. The van der Waals surface area contributed by atoms with Crippen LogP contribution in [0.3, 0.4) is 0 Å². The Morgan fingerprint density at radius 2 is 1.96 bits per heavy atom. The SMILES string of the molecule is C[C@H]1CN(C(=O)[C@@](C)(O)C(F)(F)F)Cc2cnc(-c3ccc(F)cc3F)n21. The highest BCUT2D eigenvalue weighted by Crippen LogP contribution is 2.35. The van der Waals surface area contributed by atoms with Crippen molar-refractivity contribution in [1.29, 1.82) is 0 Å². The molecule has 0 saturated carbocycles. The summed E-state index contributed by atoms with van der Waals surface area (Å²) in [6.45, 7) is 1.67. The first-order chi connectivity index (χ1) is 12.4. The average molecular weight is 389 g/mol. The summed E-state index contributed by atoms with van der Waals surface area (Å²) >= 11 is 0. The summed E-state index contributed by atoms with van der Waals surface area (Å²) < 4.78 is 67.6. The fourth-order valence-electron chi connectivity index (χ4n) is 3.12. The van der Waals surface area contributed by atoms with Crippen molar-refractivity contribution in [1.82, 2.24) is 14.5 Å². The van der Waals surface area contributed by atoms with Gasteiger partial charge in [0.25, 0.3) is 5.91 Å². The molecule has 1 aliphatic rings. The molecule has 3 rings (SSSR count). The van der Waals surface area contributed by atoms with Gasteiger partial charge in [0.15, 0.2) is 0 Å². The Kier molecular flexibility index (Phi) is 4.49. The van der Waals surface area contributed by atoms with Gasteiger partial charge in [-0.15, -0.1) is 0 Å². The van der Waals surface area contributed by atoms with Crippen LogP contribution in [0.15, 0.2) is 24.4 Å². The zero-order chi connectivity index (χ0) is 20.1. The molecule has 0 fully saturated rings. The van der Waals surface area contributed by atoms with Crippen molar-refractivity contribution >= 4 is 5.91 Å². The van der Waals surface area contributed by atoms with Gasteiger partial charge in [-0.3, -0.25) is 4.79 Å². The van der Waals surface area contributed by atoms with Crippen molar-refractivity contribution in [2.75, 3.05) is 6.54 Å². The van der Waals surface area contributed by atoms with Crippen LogP contribution < -0.4 is 0 Å². The highest BCUT2D eigenvalue weighted by atomic mass is 19.4. The molecular weight excluding hydrogens is 373 g/mol. The number of carbonyl (C=O) groups is 1. The lowest BCUT2D eigenvalue weighted by Crippen LogP contribution is -2.57. The summed E-state index contributed by atoms with van der Waals surface area (Å²) in [5, 5.41) is 9.63. The number of carbonyl (C=O) groups excluding carboxylic acids is 1. The van der Waals surface area contributed by atoms with Crippen molar-refractivity contribution in [2.45, 2.75) is 38.2 Å². The van der Waals surface area contributed by atoms with Crippen molar-refractivity contribution in [2.24, 2.45) is 0 Å². The molecule has 0 bridgehead atoms. The number of halogens is 5. The minimum Gasteiger partial charge on any atom is -0.373 e. The number of rotatable bonds is 2. The summed E-state index contributed by atoms with van der Waals surface area (Å²) in [5.74, 6) is -2.86. The van der Waals surface area contributed by atoms with E-state index in [0.717, 1.165) is 11.0 Å². The molecule has 27 heavy (non-hydrogen) atoms. The van der Waals surface area contributed by atoms with Crippen LogP contribution in [0.4, 0.5) is 22.0 Å². The predicted octanol–water partition coefficient (Wildman–Crippen LogP) is 3.04. The quantitative estimate of drug-likeness (QED) is 0.804. The maximum absolute atomic E-state index is 14.1. The van der Waals surface area contributed by atoms with E-state index in [1.165, 1.54) is 12.3 Å². The molecule has 0 unspecified atom stereocenters. The molecule has 2 atom stereocenters. The van der Waals surface area contributed by atoms with Gasteiger partial charge in [0.05, 0.1) is 30.0 Å². The molecule has 1 N–H and O–H groups in total. The Labute approximate surface area is 151 Å². The Balaban J connectivity index is 1.95. The largest absolute Gasteiger partial charge is 0.426 e. The van der Waals surface area contributed by atoms with Gasteiger partial charge >= 0.3 is 6.18 Å². The van der Waals surface area contributed by atoms with Crippen molar-refractivity contribution in [3.63, 3.8) is 0 Å². The summed E-state index contributed by atoms with van der Waals surface area (Å²) in [7, 11) is 0. The van der Waals surface area contributed by atoms with E-state index in [-0.39, 0.29) is 24.5 Å². The van der Waals surface area contributed by atoms with Gasteiger partial charge < -0.3 is 14.6 Å². The third-order valence-corrected chi connectivity index (χ3v) is 4.58. The summed E-state index contributed by atoms with van der Waals surface area (Å²) in [6, 6.07) is 2.47. The topological polar surface area (TPSA) is 58.4 Å². The molecule has 2 aromatic rings. The first kappa shape index (κ1) is 19.3. The Bertz CT molecular complexity index is 891. The number of aromatic nitrogens is 2. The Morgan fingerprint density at radius 3 is 2.56 bits per heavy atom. The molecule has 0 radical (unpaired) electrons. The van der Waals surface area contributed by atoms with Gasteiger partial charge in [0.1, 0.15) is 17.5 Å². The second-order valence-electron chi connectivity index (χ2n) is 6.67. The van der Waals surface area contributed by atoms with Crippen LogP contribution >= 0.6 is 0 Å². The average Bonchev–Trinajstić information content (AvgIpc) is 2.97. The van der Waals surface area contributed by atoms with Gasteiger partial charge in [-0.2, -0.15) is 13.2 Å². The first-order valence-electron chi connectivity index (χ1n) is 8.03. The summed E-state index contributed by atoms with van der Waals surface area (Å²) in [6.07, 6.45) is -3.80. The van der Waals surface area contributed by atoms with Gasteiger partial charge in [-0.1, -0.05) is 0 Å². The van der Waals surface area contributed by atoms with Crippen LogP contribution in [0, 0.1) is 11.6 Å². The first-order valence-corrected chi connectivity index (χ1v) is 8.03. The molecule has 146 valence electrons. The zero-order valence-corrected chi connectivity index (χ0v) is 14.4. The number of amides is 1.